The molecule has 2 saturated heterocycles. The highest BCUT2D eigenvalue weighted by atomic mass is 17.2. The Bertz CT molecular complexity index is 1120. The Hall–Kier alpha value is -1.10. The van der Waals surface area contributed by atoms with Gasteiger partial charge in [-0.25, -0.2) is 9.78 Å². The summed E-state index contributed by atoms with van der Waals surface area (Å²) in [5.41, 5.74) is -0.0780. The first kappa shape index (κ1) is 30.9. The van der Waals surface area contributed by atoms with Gasteiger partial charge in [0.15, 0.2) is 6.29 Å². The highest BCUT2D eigenvalue weighted by Crippen LogP contribution is 2.71. The van der Waals surface area contributed by atoms with Gasteiger partial charge in [0.25, 0.3) is 0 Å². The molecule has 0 aromatic rings. The zero-order valence-corrected chi connectivity index (χ0v) is 26.1. The van der Waals surface area contributed by atoms with Gasteiger partial charge in [-0.05, 0) is 78.9 Å². The van der Waals surface area contributed by atoms with E-state index in [-0.39, 0.29) is 16.9 Å². The van der Waals surface area contributed by atoms with Gasteiger partial charge < -0.3 is 29.9 Å². The summed E-state index contributed by atoms with van der Waals surface area (Å²) in [6.45, 7) is 13.5. The van der Waals surface area contributed by atoms with Crippen LogP contribution < -0.4 is 0 Å². The quantitative estimate of drug-likeness (QED) is 0.258. The number of aliphatic hydroxyl groups is 4. The summed E-state index contributed by atoms with van der Waals surface area (Å²) in [7, 11) is 0. The van der Waals surface area contributed by atoms with Crippen molar-refractivity contribution in [3.63, 3.8) is 0 Å². The van der Waals surface area contributed by atoms with E-state index in [2.05, 4.69) is 71.9 Å². The molecular weight excluding hydrogens is 536 g/mol. The molecule has 42 heavy (non-hydrogen) atoms. The van der Waals surface area contributed by atoms with Crippen LogP contribution in [-0.2, 0) is 19.2 Å². The Kier molecular flexibility index (Phi) is 7.92. The molecule has 7 rings (SSSR count). The van der Waals surface area contributed by atoms with E-state index in [1.54, 1.807) is 0 Å². The Morgan fingerprint density at radius 1 is 0.976 bits per heavy atom. The van der Waals surface area contributed by atoms with Gasteiger partial charge in [0, 0.05) is 17.8 Å². The second kappa shape index (κ2) is 10.8. The average Bonchev–Trinajstić information content (AvgIpc) is 3.33. The van der Waals surface area contributed by atoms with E-state index < -0.39 is 48.5 Å². The van der Waals surface area contributed by atoms with Crippen molar-refractivity contribution in [2.75, 3.05) is 6.61 Å². The van der Waals surface area contributed by atoms with E-state index in [1.807, 2.05) is 0 Å². The van der Waals surface area contributed by atoms with Gasteiger partial charge in [0.05, 0.1) is 12.7 Å². The summed E-state index contributed by atoms with van der Waals surface area (Å²) in [6, 6.07) is 0. The zero-order valence-electron chi connectivity index (χ0n) is 26.1. The van der Waals surface area contributed by atoms with Crippen LogP contribution in [0.15, 0.2) is 36.0 Å². The molecule has 0 amide bonds. The second-order valence-electron chi connectivity index (χ2n) is 15.1. The van der Waals surface area contributed by atoms with Crippen LogP contribution in [0.2, 0.25) is 0 Å². The van der Waals surface area contributed by atoms with E-state index in [9.17, 15) is 20.4 Å². The number of hydrogen-bond donors (Lipinski definition) is 4. The summed E-state index contributed by atoms with van der Waals surface area (Å²) in [4.78, 5) is 13.0. The lowest BCUT2D eigenvalue weighted by molar-refractivity contribution is -0.457. The lowest BCUT2D eigenvalue weighted by Crippen LogP contribution is -2.69. The van der Waals surface area contributed by atoms with Crippen LogP contribution in [0, 0.1) is 40.4 Å². The lowest BCUT2D eigenvalue weighted by atomic mass is 9.46. The van der Waals surface area contributed by atoms with Crippen molar-refractivity contribution >= 4 is 0 Å². The summed E-state index contributed by atoms with van der Waals surface area (Å²) in [5, 5.41) is 40.5. The molecule has 0 aromatic carbocycles. The van der Waals surface area contributed by atoms with Crippen LogP contribution in [0.1, 0.15) is 80.1 Å². The molecule has 8 nitrogen and oxygen atoms in total. The van der Waals surface area contributed by atoms with Gasteiger partial charge in [-0.3, -0.25) is 0 Å². The molecule has 7 aliphatic rings. The van der Waals surface area contributed by atoms with Crippen molar-refractivity contribution in [3.05, 3.63) is 36.0 Å². The third-order valence-electron chi connectivity index (χ3n) is 12.6. The second-order valence-corrected chi connectivity index (χ2v) is 15.1. The Morgan fingerprint density at radius 3 is 2.40 bits per heavy atom. The molecule has 0 unspecified atom stereocenters. The molecule has 8 heteroatoms. The predicted molar refractivity (Wildman–Crippen MR) is 157 cm³/mol. The number of allylic oxidation sites excluding steroid dienone is 3. The Labute approximate surface area is 250 Å². The Balaban J connectivity index is 1.22. The van der Waals surface area contributed by atoms with E-state index in [0.29, 0.717) is 36.0 Å². The number of hydrogen-bond acceptors (Lipinski definition) is 8. The largest absolute Gasteiger partial charge is 0.394 e. The number of rotatable bonds is 7. The molecule has 3 heterocycles. The van der Waals surface area contributed by atoms with Crippen molar-refractivity contribution in [1.82, 2.24) is 0 Å². The summed E-state index contributed by atoms with van der Waals surface area (Å²) >= 11 is 0. The fourth-order valence-corrected chi connectivity index (χ4v) is 9.48. The first-order chi connectivity index (χ1) is 19.8. The van der Waals surface area contributed by atoms with Crippen molar-refractivity contribution in [1.29, 1.82) is 0 Å². The molecule has 3 aliphatic heterocycles. The highest BCUT2D eigenvalue weighted by Gasteiger charge is 2.72. The van der Waals surface area contributed by atoms with Crippen LogP contribution in [-0.4, -0.2) is 75.0 Å². The van der Waals surface area contributed by atoms with E-state index in [4.69, 9.17) is 19.2 Å². The monoisotopic (exact) mass is 588 g/mol. The third-order valence-corrected chi connectivity index (χ3v) is 12.6. The predicted octanol–water partition coefficient (Wildman–Crippen LogP) is 4.22. The van der Waals surface area contributed by atoms with E-state index in [0.717, 1.165) is 25.7 Å². The minimum Gasteiger partial charge on any atom is -0.394 e. The van der Waals surface area contributed by atoms with Gasteiger partial charge in [-0.2, -0.15) is 0 Å². The zero-order chi connectivity index (χ0) is 30.2. The van der Waals surface area contributed by atoms with Gasteiger partial charge in [-0.1, -0.05) is 59.8 Å². The fraction of sp³-hybridized carbons (Fsp3) is 0.824. The SMILES string of the molecule is CC(C)[C@H](C)/C=C/[C@@H](C)[C@H]1CC[C@@H]2[C@]1(C)CC=C1[C@]23C=C[C@]2(C[C@@H](O[C@@H]4O[C@H](CO)[C@@H](O)[C@H](O)[C@H]4O)CC[C@]12C)OO3. The van der Waals surface area contributed by atoms with Crippen LogP contribution in [0.5, 0.6) is 0 Å². The van der Waals surface area contributed by atoms with Gasteiger partial charge in [0.1, 0.15) is 35.6 Å². The van der Waals surface area contributed by atoms with Crippen LogP contribution in [0.4, 0.5) is 0 Å². The maximum absolute atomic E-state index is 10.5. The molecule has 2 saturated carbocycles. The molecule has 4 aliphatic carbocycles. The maximum atomic E-state index is 10.5. The molecule has 2 bridgehead atoms. The average molecular weight is 589 g/mol. The molecule has 0 aromatic heterocycles. The van der Waals surface area contributed by atoms with Crippen molar-refractivity contribution in [3.8, 4) is 0 Å². The van der Waals surface area contributed by atoms with Crippen molar-refractivity contribution in [2.24, 2.45) is 40.4 Å². The smallest absolute Gasteiger partial charge is 0.186 e. The van der Waals surface area contributed by atoms with E-state index in [1.165, 1.54) is 12.0 Å². The van der Waals surface area contributed by atoms with E-state index >= 15 is 0 Å². The first-order valence-electron chi connectivity index (χ1n) is 16.2. The molecule has 0 radical (unpaired) electrons. The van der Waals surface area contributed by atoms with Gasteiger partial charge in [-0.15, -0.1) is 0 Å². The standard InChI is InChI=1S/C34H52O8/c1-19(2)20(3)7-8-21(4)23-9-10-25-31(23,5)13-12-26-32(6)14-11-22(17-33(32)15-16-34(25,26)42-41-33)39-30-29(38)28(37)27(36)24(18-35)40-30/h7-8,12,15-16,19-25,27-30,35-38H,9-11,13-14,17-18H2,1-6H3/b8-7+/t20-,21-,22+,23-,24-,25-,27-,28+,29-,30-,31-,32-,33-,34+/m1/s1. The summed E-state index contributed by atoms with van der Waals surface area (Å²) in [6.07, 6.45) is 10.4. The van der Waals surface area contributed by atoms with Gasteiger partial charge in [0.2, 0.25) is 0 Å². The topological polar surface area (TPSA) is 118 Å². The van der Waals surface area contributed by atoms with Crippen LogP contribution in [0.3, 0.4) is 0 Å². The molecular formula is C34H52O8. The van der Waals surface area contributed by atoms with Gasteiger partial charge >= 0.3 is 0 Å². The molecule has 236 valence electrons. The third kappa shape index (κ3) is 4.38. The summed E-state index contributed by atoms with van der Waals surface area (Å²) < 4.78 is 11.8. The summed E-state index contributed by atoms with van der Waals surface area (Å²) in [5.74, 6) is 2.61. The van der Waals surface area contributed by atoms with Crippen LogP contribution in [0.25, 0.3) is 0 Å². The highest BCUT2D eigenvalue weighted by molar-refractivity contribution is 5.48. The van der Waals surface area contributed by atoms with Crippen molar-refractivity contribution in [2.45, 2.75) is 128 Å². The molecule has 4 N–H and O–H groups in total. The number of ether oxygens (including phenoxy) is 2. The molecule has 2 spiro atoms. The van der Waals surface area contributed by atoms with Crippen molar-refractivity contribution < 1.29 is 39.7 Å². The Morgan fingerprint density at radius 2 is 1.74 bits per heavy atom. The normalized spacial score (nSPS) is 51.3. The first-order valence-corrected chi connectivity index (χ1v) is 16.2. The number of aliphatic hydroxyl groups excluding tert-OH is 4. The minimum atomic E-state index is -1.47. The number of fused-ring (bicyclic) bond motifs is 2. The fourth-order valence-electron chi connectivity index (χ4n) is 9.48. The lowest BCUT2D eigenvalue weighted by Gasteiger charge is -2.66. The van der Waals surface area contributed by atoms with Crippen LogP contribution >= 0.6 is 0 Å². The minimum absolute atomic E-state index is 0.110. The molecule has 4 fully saturated rings. The molecule has 14 atom stereocenters. The maximum Gasteiger partial charge on any atom is 0.186 e.